The molecule has 2 N–H and O–H groups in total. The topological polar surface area (TPSA) is 54.0 Å². The number of thiazole rings is 1. The van der Waals surface area contributed by atoms with Gasteiger partial charge in [-0.3, -0.25) is 10.1 Å². The zero-order valence-corrected chi connectivity index (χ0v) is 17.0. The molecule has 1 amide bonds. The second kappa shape index (κ2) is 7.84. The van der Waals surface area contributed by atoms with Crippen LogP contribution in [0.25, 0.3) is 21.0 Å². The van der Waals surface area contributed by atoms with Crippen molar-refractivity contribution < 1.29 is 4.79 Å². The monoisotopic (exact) mass is 401 g/mol. The minimum atomic E-state index is -0.129. The van der Waals surface area contributed by atoms with E-state index in [-0.39, 0.29) is 5.91 Å². The van der Waals surface area contributed by atoms with Crippen LogP contribution >= 0.6 is 11.3 Å². The van der Waals surface area contributed by atoms with Crippen molar-refractivity contribution in [2.24, 2.45) is 0 Å². The number of nitrogens with one attached hydrogen (secondary N) is 2. The summed E-state index contributed by atoms with van der Waals surface area (Å²) in [5, 5.41) is 9.44. The summed E-state index contributed by atoms with van der Waals surface area (Å²) < 4.78 is 1.08. The number of rotatable bonds is 4. The maximum Gasteiger partial charge on any atom is 0.257 e. The van der Waals surface area contributed by atoms with Gasteiger partial charge in [-0.25, -0.2) is 4.98 Å². The van der Waals surface area contributed by atoms with Crippen LogP contribution in [0.2, 0.25) is 0 Å². The Morgan fingerprint density at radius 1 is 0.931 bits per heavy atom. The van der Waals surface area contributed by atoms with Gasteiger partial charge in [0.15, 0.2) is 5.13 Å². The van der Waals surface area contributed by atoms with Gasteiger partial charge < -0.3 is 5.32 Å². The highest BCUT2D eigenvalue weighted by Crippen LogP contribution is 2.30. The van der Waals surface area contributed by atoms with Crippen LogP contribution < -0.4 is 10.6 Å². The third-order valence-corrected chi connectivity index (χ3v) is 6.53. The van der Waals surface area contributed by atoms with E-state index in [1.54, 1.807) is 0 Å². The van der Waals surface area contributed by atoms with Crippen molar-refractivity contribution in [3.05, 3.63) is 66.2 Å². The van der Waals surface area contributed by atoms with Crippen LogP contribution in [0.5, 0.6) is 0 Å². The molecule has 5 heteroatoms. The molecule has 1 heterocycles. The first-order chi connectivity index (χ1) is 14.2. The van der Waals surface area contributed by atoms with Gasteiger partial charge in [0.2, 0.25) is 0 Å². The Balaban J connectivity index is 1.33. The fraction of sp³-hybridized carbons (Fsp3) is 0.250. The van der Waals surface area contributed by atoms with Crippen molar-refractivity contribution in [1.29, 1.82) is 0 Å². The van der Waals surface area contributed by atoms with Gasteiger partial charge in [-0.2, -0.15) is 0 Å². The molecule has 0 bridgehead atoms. The van der Waals surface area contributed by atoms with Crippen molar-refractivity contribution in [2.75, 3.05) is 10.6 Å². The molecule has 1 saturated carbocycles. The van der Waals surface area contributed by atoms with Crippen LogP contribution in [0.3, 0.4) is 0 Å². The van der Waals surface area contributed by atoms with Gasteiger partial charge >= 0.3 is 0 Å². The molecule has 0 spiro atoms. The van der Waals surface area contributed by atoms with E-state index in [4.69, 9.17) is 0 Å². The minimum Gasteiger partial charge on any atom is -0.382 e. The Kier molecular flexibility index (Phi) is 4.90. The second-order valence-corrected chi connectivity index (χ2v) is 8.73. The van der Waals surface area contributed by atoms with E-state index >= 15 is 0 Å². The first-order valence-corrected chi connectivity index (χ1v) is 11.0. The Hall–Kier alpha value is -2.92. The number of aromatic nitrogens is 1. The number of benzene rings is 3. The Labute approximate surface area is 174 Å². The van der Waals surface area contributed by atoms with Gasteiger partial charge in [0.1, 0.15) is 0 Å². The summed E-state index contributed by atoms with van der Waals surface area (Å²) >= 11 is 1.52. The molecule has 1 fully saturated rings. The van der Waals surface area contributed by atoms with Gasteiger partial charge in [-0.15, -0.1) is 0 Å². The molecule has 1 aliphatic carbocycles. The average molecular weight is 402 g/mol. The summed E-state index contributed by atoms with van der Waals surface area (Å²) in [6.07, 6.45) is 6.46. The highest BCUT2D eigenvalue weighted by Gasteiger charge is 2.14. The van der Waals surface area contributed by atoms with E-state index in [0.717, 1.165) is 26.7 Å². The Bertz CT molecular complexity index is 1180. The number of hydrogen-bond donors (Lipinski definition) is 2. The fourth-order valence-electron chi connectivity index (χ4n) is 4.05. The lowest BCUT2D eigenvalue weighted by Crippen LogP contribution is -2.21. The molecule has 3 aromatic carbocycles. The van der Waals surface area contributed by atoms with Gasteiger partial charge in [0.05, 0.1) is 10.2 Å². The minimum absolute atomic E-state index is 0.129. The van der Waals surface area contributed by atoms with E-state index in [9.17, 15) is 4.79 Å². The summed E-state index contributed by atoms with van der Waals surface area (Å²) in [4.78, 5) is 17.3. The lowest BCUT2D eigenvalue weighted by atomic mass is 9.95. The fourth-order valence-corrected chi connectivity index (χ4v) is 4.95. The van der Waals surface area contributed by atoms with Crippen LogP contribution in [0.15, 0.2) is 60.7 Å². The van der Waals surface area contributed by atoms with E-state index in [0.29, 0.717) is 16.7 Å². The molecule has 4 aromatic rings. The first kappa shape index (κ1) is 18.1. The highest BCUT2D eigenvalue weighted by atomic mass is 32.1. The number of anilines is 2. The number of amides is 1. The molecule has 29 heavy (non-hydrogen) atoms. The summed E-state index contributed by atoms with van der Waals surface area (Å²) in [7, 11) is 0. The Morgan fingerprint density at radius 3 is 2.62 bits per heavy atom. The van der Waals surface area contributed by atoms with Crippen LogP contribution in [-0.2, 0) is 0 Å². The van der Waals surface area contributed by atoms with Crippen LogP contribution in [-0.4, -0.2) is 16.9 Å². The smallest absolute Gasteiger partial charge is 0.257 e. The van der Waals surface area contributed by atoms with E-state index in [2.05, 4.69) is 27.8 Å². The van der Waals surface area contributed by atoms with Crippen molar-refractivity contribution >= 4 is 49.1 Å². The standard InChI is InChI=1S/C24H23N3OS/c28-23(18-11-10-16-6-4-5-7-17(16)14-18)27-24-26-21-13-12-20(15-22(21)29-24)25-19-8-2-1-3-9-19/h4-7,10-15,19,25H,1-3,8-9H2,(H,26,27,28). The quantitative estimate of drug-likeness (QED) is 0.413. The van der Waals surface area contributed by atoms with Crippen molar-refractivity contribution in [2.45, 2.75) is 38.1 Å². The molecular weight excluding hydrogens is 378 g/mol. The molecule has 0 unspecified atom stereocenters. The van der Waals surface area contributed by atoms with Crippen molar-refractivity contribution in [3.8, 4) is 0 Å². The van der Waals surface area contributed by atoms with Crippen molar-refractivity contribution in [3.63, 3.8) is 0 Å². The van der Waals surface area contributed by atoms with Crippen molar-refractivity contribution in [1.82, 2.24) is 4.98 Å². The average Bonchev–Trinajstić information content (AvgIpc) is 3.15. The summed E-state index contributed by atoms with van der Waals surface area (Å²) in [6.45, 7) is 0. The SMILES string of the molecule is O=C(Nc1nc2ccc(NC3CCCCC3)cc2s1)c1ccc2ccccc2c1. The molecule has 1 aromatic heterocycles. The van der Waals surface area contributed by atoms with Gasteiger partial charge in [0, 0.05) is 17.3 Å². The molecule has 4 nitrogen and oxygen atoms in total. The van der Waals surface area contributed by atoms with Gasteiger partial charge in [0.25, 0.3) is 5.91 Å². The highest BCUT2D eigenvalue weighted by molar-refractivity contribution is 7.22. The molecule has 146 valence electrons. The molecule has 5 rings (SSSR count). The maximum absolute atomic E-state index is 12.7. The number of carbonyl (C=O) groups is 1. The van der Waals surface area contributed by atoms with Crippen LogP contribution in [0, 0.1) is 0 Å². The number of nitrogens with zero attached hydrogens (tertiary/aromatic N) is 1. The summed E-state index contributed by atoms with van der Waals surface area (Å²) in [5.41, 5.74) is 2.70. The lowest BCUT2D eigenvalue weighted by molar-refractivity contribution is 0.102. The third-order valence-electron chi connectivity index (χ3n) is 5.60. The maximum atomic E-state index is 12.7. The largest absolute Gasteiger partial charge is 0.382 e. The van der Waals surface area contributed by atoms with Crippen LogP contribution in [0.4, 0.5) is 10.8 Å². The zero-order valence-electron chi connectivity index (χ0n) is 16.2. The van der Waals surface area contributed by atoms with Gasteiger partial charge in [-0.05, 0) is 53.9 Å². The predicted molar refractivity (Wildman–Crippen MR) is 122 cm³/mol. The molecule has 0 aliphatic heterocycles. The molecule has 1 aliphatic rings. The number of hydrogen-bond acceptors (Lipinski definition) is 4. The zero-order chi connectivity index (χ0) is 19.6. The lowest BCUT2D eigenvalue weighted by Gasteiger charge is -2.23. The second-order valence-electron chi connectivity index (χ2n) is 7.70. The van der Waals surface area contributed by atoms with E-state index < -0.39 is 0 Å². The molecule has 0 atom stereocenters. The van der Waals surface area contributed by atoms with Crippen LogP contribution in [0.1, 0.15) is 42.5 Å². The third kappa shape index (κ3) is 3.96. The number of carbonyl (C=O) groups excluding carboxylic acids is 1. The van der Waals surface area contributed by atoms with Gasteiger partial charge in [-0.1, -0.05) is 60.9 Å². The molecular formula is C24H23N3OS. The normalized spacial score (nSPS) is 14.9. The first-order valence-electron chi connectivity index (χ1n) is 10.2. The van der Waals surface area contributed by atoms with E-state index in [1.165, 1.54) is 43.4 Å². The molecule has 0 radical (unpaired) electrons. The predicted octanol–water partition coefficient (Wildman–Crippen LogP) is 6.45. The molecule has 0 saturated heterocycles. The number of fused-ring (bicyclic) bond motifs is 2. The summed E-state index contributed by atoms with van der Waals surface area (Å²) in [5.74, 6) is -0.129. The summed E-state index contributed by atoms with van der Waals surface area (Å²) in [6, 6.07) is 20.6. The Morgan fingerprint density at radius 2 is 1.76 bits per heavy atom. The van der Waals surface area contributed by atoms with E-state index in [1.807, 2.05) is 48.5 Å².